The van der Waals surface area contributed by atoms with Crippen molar-refractivity contribution in [3.05, 3.63) is 28.3 Å². The van der Waals surface area contributed by atoms with E-state index in [-0.39, 0.29) is 15.5 Å². The lowest BCUT2D eigenvalue weighted by atomic mass is 10.3. The molecule has 106 valence electrons. The third-order valence-electron chi connectivity index (χ3n) is 2.24. The van der Waals surface area contributed by atoms with Crippen LogP contribution in [0.15, 0.2) is 33.1 Å². The number of rotatable bonds is 4. The van der Waals surface area contributed by atoms with Crippen LogP contribution in [-0.4, -0.2) is 33.5 Å². The number of benzene rings is 1. The van der Waals surface area contributed by atoms with Gasteiger partial charge < -0.3 is 0 Å². The molecule has 2 aromatic rings. The molecule has 2 rings (SSSR count). The van der Waals surface area contributed by atoms with Crippen molar-refractivity contribution in [2.24, 2.45) is 12.2 Å². The first-order valence-corrected chi connectivity index (χ1v) is 7.37. The first kappa shape index (κ1) is 14.4. The van der Waals surface area contributed by atoms with Gasteiger partial charge in [-0.15, -0.1) is 5.10 Å². The number of sulfonamides is 1. The highest BCUT2D eigenvalue weighted by molar-refractivity contribution is 7.99. The van der Waals surface area contributed by atoms with E-state index in [9.17, 15) is 18.5 Å². The molecule has 0 amide bonds. The normalized spacial score (nSPS) is 11.5. The van der Waals surface area contributed by atoms with Crippen LogP contribution in [0.4, 0.5) is 5.69 Å². The van der Waals surface area contributed by atoms with Gasteiger partial charge in [-0.2, -0.15) is 0 Å². The fourth-order valence-electron chi connectivity index (χ4n) is 1.31. The molecule has 12 heteroatoms. The zero-order valence-electron chi connectivity index (χ0n) is 9.99. The Hall–Kier alpha value is -2.05. The molecular formula is C8H8N6O4S2. The number of nitro benzene ring substituents is 1. The predicted octanol–water partition coefficient (Wildman–Crippen LogP) is -0.0831. The number of hydrogen-bond acceptors (Lipinski definition) is 8. The van der Waals surface area contributed by atoms with E-state index in [1.165, 1.54) is 16.8 Å². The predicted molar refractivity (Wildman–Crippen MR) is 67.4 cm³/mol. The van der Waals surface area contributed by atoms with E-state index in [0.717, 1.165) is 17.8 Å². The molecule has 0 radical (unpaired) electrons. The lowest BCUT2D eigenvalue weighted by molar-refractivity contribution is -0.388. The maximum Gasteiger partial charge on any atom is 0.284 e. The van der Waals surface area contributed by atoms with Crippen LogP contribution >= 0.6 is 11.8 Å². The van der Waals surface area contributed by atoms with Crippen LogP contribution in [0.1, 0.15) is 0 Å². The third kappa shape index (κ3) is 2.92. The monoisotopic (exact) mass is 316 g/mol. The maximum absolute atomic E-state index is 11.2. The molecule has 0 bridgehead atoms. The molecule has 1 aromatic heterocycles. The molecule has 1 aromatic carbocycles. The van der Waals surface area contributed by atoms with Gasteiger partial charge in [0.05, 0.1) is 14.7 Å². The Balaban J connectivity index is 2.49. The van der Waals surface area contributed by atoms with Gasteiger partial charge in [-0.3, -0.25) is 10.1 Å². The lowest BCUT2D eigenvalue weighted by Gasteiger charge is -2.03. The highest BCUT2D eigenvalue weighted by atomic mass is 32.2. The van der Waals surface area contributed by atoms with Crippen molar-refractivity contribution < 1.29 is 13.3 Å². The second-order valence-electron chi connectivity index (χ2n) is 3.62. The van der Waals surface area contributed by atoms with Gasteiger partial charge in [0.25, 0.3) is 5.69 Å². The van der Waals surface area contributed by atoms with Crippen molar-refractivity contribution >= 4 is 27.5 Å². The van der Waals surface area contributed by atoms with Crippen LogP contribution in [0.5, 0.6) is 0 Å². The number of nitro groups is 1. The highest BCUT2D eigenvalue weighted by Crippen LogP contribution is 2.34. The third-order valence-corrected chi connectivity index (χ3v) is 4.24. The number of aromatic nitrogens is 4. The summed E-state index contributed by atoms with van der Waals surface area (Å²) in [5, 5.41) is 27.0. The van der Waals surface area contributed by atoms with E-state index in [1.807, 2.05) is 0 Å². The van der Waals surface area contributed by atoms with Crippen LogP contribution in [-0.2, 0) is 17.1 Å². The molecule has 0 unspecified atom stereocenters. The van der Waals surface area contributed by atoms with E-state index in [1.54, 1.807) is 7.05 Å². The molecule has 0 saturated heterocycles. The molecule has 20 heavy (non-hydrogen) atoms. The summed E-state index contributed by atoms with van der Waals surface area (Å²) in [6.07, 6.45) is 0. The zero-order chi connectivity index (χ0) is 14.9. The summed E-state index contributed by atoms with van der Waals surface area (Å²) in [4.78, 5) is 10.2. The molecular weight excluding hydrogens is 308 g/mol. The molecule has 0 aliphatic rings. The Morgan fingerprint density at radius 1 is 1.45 bits per heavy atom. The van der Waals surface area contributed by atoms with Crippen molar-refractivity contribution in [1.82, 2.24) is 20.2 Å². The van der Waals surface area contributed by atoms with Crippen LogP contribution in [0.3, 0.4) is 0 Å². The Morgan fingerprint density at radius 2 is 2.15 bits per heavy atom. The summed E-state index contributed by atoms with van der Waals surface area (Å²) in [7, 11) is -2.43. The van der Waals surface area contributed by atoms with Crippen molar-refractivity contribution in [2.75, 3.05) is 0 Å². The first-order valence-electron chi connectivity index (χ1n) is 5.00. The number of nitrogens with zero attached hydrogens (tertiary/aromatic N) is 5. The van der Waals surface area contributed by atoms with Gasteiger partial charge in [0, 0.05) is 13.1 Å². The maximum atomic E-state index is 11.2. The standard InChI is InChI=1S/C8H8N6O4S2/c1-13-8(10-11-12-13)19-7-3-2-5(20(9,17)18)4-6(7)14(15)16/h2-4H,1H3,(H2,9,17,18). The molecule has 0 fully saturated rings. The topological polar surface area (TPSA) is 147 Å². The summed E-state index contributed by atoms with van der Waals surface area (Å²) >= 11 is 0.945. The van der Waals surface area contributed by atoms with Gasteiger partial charge in [-0.1, -0.05) is 0 Å². The van der Waals surface area contributed by atoms with Crippen LogP contribution in [0.25, 0.3) is 0 Å². The molecule has 0 aliphatic carbocycles. The van der Waals surface area contributed by atoms with Gasteiger partial charge in [0.2, 0.25) is 15.2 Å². The average Bonchev–Trinajstić information content (AvgIpc) is 2.74. The summed E-state index contributed by atoms with van der Waals surface area (Å²) < 4.78 is 23.7. The van der Waals surface area contributed by atoms with E-state index in [0.29, 0.717) is 5.16 Å². The number of nitrogens with two attached hydrogens (primary N) is 1. The van der Waals surface area contributed by atoms with Gasteiger partial charge in [-0.25, -0.2) is 18.2 Å². The second kappa shape index (κ2) is 5.15. The minimum absolute atomic E-state index is 0.209. The van der Waals surface area contributed by atoms with Crippen LogP contribution in [0.2, 0.25) is 0 Å². The molecule has 0 saturated carbocycles. The van der Waals surface area contributed by atoms with Crippen molar-refractivity contribution in [3.8, 4) is 0 Å². The Bertz CT molecular complexity index is 771. The molecule has 0 spiro atoms. The van der Waals surface area contributed by atoms with Crippen LogP contribution < -0.4 is 5.14 Å². The number of tetrazole rings is 1. The molecule has 0 atom stereocenters. The Kier molecular flexibility index (Phi) is 3.69. The zero-order valence-corrected chi connectivity index (χ0v) is 11.6. The lowest BCUT2D eigenvalue weighted by Crippen LogP contribution is -2.12. The van der Waals surface area contributed by atoms with E-state index < -0.39 is 14.9 Å². The molecule has 10 nitrogen and oxygen atoms in total. The van der Waals surface area contributed by atoms with Crippen molar-refractivity contribution in [1.29, 1.82) is 0 Å². The highest BCUT2D eigenvalue weighted by Gasteiger charge is 2.21. The van der Waals surface area contributed by atoms with E-state index in [4.69, 9.17) is 5.14 Å². The van der Waals surface area contributed by atoms with E-state index >= 15 is 0 Å². The number of primary sulfonamides is 1. The van der Waals surface area contributed by atoms with Gasteiger partial charge in [0.15, 0.2) is 0 Å². The summed E-state index contributed by atoms with van der Waals surface area (Å²) in [5.41, 5.74) is -0.385. The fourth-order valence-corrected chi connectivity index (χ4v) is 2.66. The van der Waals surface area contributed by atoms with Gasteiger partial charge in [0.1, 0.15) is 0 Å². The number of aryl methyl sites for hydroxylation is 1. The minimum Gasteiger partial charge on any atom is -0.258 e. The van der Waals surface area contributed by atoms with Gasteiger partial charge >= 0.3 is 0 Å². The first-order chi connectivity index (χ1) is 9.29. The second-order valence-corrected chi connectivity index (χ2v) is 6.19. The largest absolute Gasteiger partial charge is 0.284 e. The van der Waals surface area contributed by atoms with Gasteiger partial charge in [-0.05, 0) is 34.3 Å². The Morgan fingerprint density at radius 3 is 2.65 bits per heavy atom. The summed E-state index contributed by atoms with van der Waals surface area (Å²) in [6.45, 7) is 0. The van der Waals surface area contributed by atoms with Crippen molar-refractivity contribution in [2.45, 2.75) is 14.9 Å². The summed E-state index contributed by atoms with van der Waals surface area (Å²) in [6, 6.07) is 3.38. The van der Waals surface area contributed by atoms with E-state index in [2.05, 4.69) is 15.5 Å². The fraction of sp³-hybridized carbons (Fsp3) is 0.125. The minimum atomic E-state index is -4.01. The number of hydrogen-bond donors (Lipinski definition) is 1. The summed E-state index contributed by atoms with van der Waals surface area (Å²) in [5.74, 6) is 0. The SMILES string of the molecule is Cn1nnnc1Sc1ccc(S(N)(=O)=O)cc1[N+](=O)[O-]. The molecule has 2 N–H and O–H groups in total. The molecule has 0 aliphatic heterocycles. The Labute approximate surface area is 117 Å². The smallest absolute Gasteiger partial charge is 0.258 e. The quantitative estimate of drug-likeness (QED) is 0.608. The average molecular weight is 316 g/mol. The van der Waals surface area contributed by atoms with Crippen LogP contribution in [0, 0.1) is 10.1 Å². The molecule has 1 heterocycles. The van der Waals surface area contributed by atoms with Crippen molar-refractivity contribution in [3.63, 3.8) is 0 Å².